The van der Waals surface area contributed by atoms with Crippen LogP contribution >= 0.6 is 0 Å². The molecule has 0 aromatic carbocycles. The molecule has 0 saturated heterocycles. The zero-order valence-corrected chi connectivity index (χ0v) is 11.1. The van der Waals surface area contributed by atoms with E-state index in [1.807, 2.05) is 6.92 Å². The topological polar surface area (TPSA) is 99.1 Å². The van der Waals surface area contributed by atoms with Crippen molar-refractivity contribution in [2.75, 3.05) is 11.2 Å². The molecule has 1 unspecified atom stereocenters. The molecule has 0 aliphatic rings. The van der Waals surface area contributed by atoms with Gasteiger partial charge in [0, 0.05) is 6.07 Å². The monoisotopic (exact) mass is 253 g/mol. The molecule has 18 heavy (non-hydrogen) atoms. The molecule has 1 atom stereocenters. The predicted molar refractivity (Wildman–Crippen MR) is 73.1 cm³/mol. The molecule has 0 bridgehead atoms. The maximum atomic E-state index is 5.69. The SMILES string of the molecule is CCCCCCC(C)Oc1cc(NN)nc(N)n1. The van der Waals surface area contributed by atoms with E-state index < -0.39 is 0 Å². The summed E-state index contributed by atoms with van der Waals surface area (Å²) in [6.07, 6.45) is 6.04. The molecule has 1 rings (SSSR count). The molecule has 5 N–H and O–H groups in total. The first-order valence-electron chi connectivity index (χ1n) is 6.43. The van der Waals surface area contributed by atoms with Crippen molar-refractivity contribution in [3.8, 4) is 5.88 Å². The fraction of sp³-hybridized carbons (Fsp3) is 0.667. The number of aromatic nitrogens is 2. The van der Waals surface area contributed by atoms with E-state index in [9.17, 15) is 0 Å². The van der Waals surface area contributed by atoms with E-state index in [0.29, 0.717) is 11.7 Å². The molecular weight excluding hydrogens is 230 g/mol. The normalized spacial score (nSPS) is 12.2. The van der Waals surface area contributed by atoms with Gasteiger partial charge in [-0.25, -0.2) is 5.84 Å². The lowest BCUT2D eigenvalue weighted by atomic mass is 10.1. The van der Waals surface area contributed by atoms with Crippen LogP contribution in [0.1, 0.15) is 46.0 Å². The minimum atomic E-state index is 0.113. The number of nitrogens with zero attached hydrogens (tertiary/aromatic N) is 2. The second-order valence-electron chi connectivity index (χ2n) is 4.37. The molecule has 0 amide bonds. The summed E-state index contributed by atoms with van der Waals surface area (Å²) in [4.78, 5) is 7.91. The van der Waals surface area contributed by atoms with Crippen LogP contribution in [-0.2, 0) is 0 Å². The molecule has 6 nitrogen and oxygen atoms in total. The van der Waals surface area contributed by atoms with Crippen molar-refractivity contribution >= 4 is 11.8 Å². The lowest BCUT2D eigenvalue weighted by Gasteiger charge is -2.14. The predicted octanol–water partition coefficient (Wildman–Crippen LogP) is 2.08. The number of ether oxygens (including phenoxy) is 1. The van der Waals surface area contributed by atoms with Crippen molar-refractivity contribution in [2.24, 2.45) is 5.84 Å². The molecule has 0 spiro atoms. The number of unbranched alkanes of at least 4 members (excludes halogenated alkanes) is 3. The van der Waals surface area contributed by atoms with Crippen molar-refractivity contribution in [3.05, 3.63) is 6.07 Å². The van der Waals surface area contributed by atoms with E-state index in [2.05, 4.69) is 22.3 Å². The van der Waals surface area contributed by atoms with Gasteiger partial charge in [-0.15, -0.1) is 0 Å². The van der Waals surface area contributed by atoms with E-state index in [1.54, 1.807) is 6.07 Å². The molecule has 0 aliphatic carbocycles. The minimum absolute atomic E-state index is 0.113. The van der Waals surface area contributed by atoms with Crippen LogP contribution in [0.25, 0.3) is 0 Å². The van der Waals surface area contributed by atoms with Gasteiger partial charge in [-0.3, -0.25) is 0 Å². The Balaban J connectivity index is 2.43. The Morgan fingerprint density at radius 2 is 2.11 bits per heavy atom. The molecule has 6 heteroatoms. The van der Waals surface area contributed by atoms with Crippen LogP contribution in [0, 0.1) is 0 Å². The van der Waals surface area contributed by atoms with E-state index in [4.69, 9.17) is 16.3 Å². The highest BCUT2D eigenvalue weighted by atomic mass is 16.5. The first-order chi connectivity index (χ1) is 8.65. The summed E-state index contributed by atoms with van der Waals surface area (Å²) in [6.45, 7) is 4.23. The summed E-state index contributed by atoms with van der Waals surface area (Å²) in [5.74, 6) is 6.34. The second kappa shape index (κ2) is 7.71. The molecular formula is C12H23N5O. The van der Waals surface area contributed by atoms with Crippen molar-refractivity contribution in [2.45, 2.75) is 52.1 Å². The molecule has 1 aromatic heterocycles. The highest BCUT2D eigenvalue weighted by molar-refractivity contribution is 5.41. The van der Waals surface area contributed by atoms with Gasteiger partial charge in [0.2, 0.25) is 11.8 Å². The average molecular weight is 253 g/mol. The summed E-state index contributed by atoms with van der Waals surface area (Å²) < 4.78 is 5.69. The third-order valence-electron chi connectivity index (χ3n) is 2.65. The molecule has 102 valence electrons. The summed E-state index contributed by atoms with van der Waals surface area (Å²) in [5, 5.41) is 0. The number of hydrazine groups is 1. The van der Waals surface area contributed by atoms with Gasteiger partial charge in [0.25, 0.3) is 0 Å². The molecule has 0 saturated carbocycles. The Bertz CT molecular complexity index is 358. The van der Waals surface area contributed by atoms with E-state index in [-0.39, 0.29) is 12.1 Å². The van der Waals surface area contributed by atoms with Crippen LogP contribution in [0.3, 0.4) is 0 Å². The number of nitrogens with one attached hydrogen (secondary N) is 1. The molecule has 1 heterocycles. The quantitative estimate of drug-likeness (QED) is 0.372. The Morgan fingerprint density at radius 3 is 2.78 bits per heavy atom. The Kier molecular flexibility index (Phi) is 6.21. The summed E-state index contributed by atoms with van der Waals surface area (Å²) >= 11 is 0. The molecule has 0 fully saturated rings. The first-order valence-corrected chi connectivity index (χ1v) is 6.43. The molecule has 0 aliphatic heterocycles. The summed E-state index contributed by atoms with van der Waals surface area (Å²) in [6, 6.07) is 1.64. The maximum absolute atomic E-state index is 5.69. The van der Waals surface area contributed by atoms with Crippen molar-refractivity contribution in [1.29, 1.82) is 0 Å². The van der Waals surface area contributed by atoms with Gasteiger partial charge in [0.05, 0.1) is 6.10 Å². The maximum Gasteiger partial charge on any atom is 0.225 e. The lowest BCUT2D eigenvalue weighted by Crippen LogP contribution is -2.15. The van der Waals surface area contributed by atoms with E-state index in [1.165, 1.54) is 19.3 Å². The largest absolute Gasteiger partial charge is 0.474 e. The first kappa shape index (κ1) is 14.5. The van der Waals surface area contributed by atoms with Crippen LogP contribution in [0.4, 0.5) is 11.8 Å². The highest BCUT2D eigenvalue weighted by Crippen LogP contribution is 2.17. The van der Waals surface area contributed by atoms with Gasteiger partial charge in [-0.2, -0.15) is 9.97 Å². The Labute approximate surface area is 108 Å². The van der Waals surface area contributed by atoms with Crippen LogP contribution in [-0.4, -0.2) is 16.1 Å². The number of rotatable bonds is 8. The standard InChI is InChI=1S/C12H23N5O/c1-3-4-5-6-7-9(2)18-11-8-10(17-14)15-12(13)16-11/h8-9H,3-7,14H2,1-2H3,(H3,13,15,16,17). The minimum Gasteiger partial charge on any atom is -0.474 e. The number of hydrogen-bond acceptors (Lipinski definition) is 6. The van der Waals surface area contributed by atoms with Crippen molar-refractivity contribution in [1.82, 2.24) is 9.97 Å². The van der Waals surface area contributed by atoms with E-state index >= 15 is 0 Å². The summed E-state index contributed by atoms with van der Waals surface area (Å²) in [5.41, 5.74) is 7.98. The van der Waals surface area contributed by atoms with Crippen LogP contribution in [0.15, 0.2) is 6.07 Å². The molecule has 0 radical (unpaired) electrons. The number of nitrogens with two attached hydrogens (primary N) is 2. The Morgan fingerprint density at radius 1 is 1.33 bits per heavy atom. The van der Waals surface area contributed by atoms with Crippen molar-refractivity contribution in [3.63, 3.8) is 0 Å². The van der Waals surface area contributed by atoms with Crippen molar-refractivity contribution < 1.29 is 4.74 Å². The zero-order chi connectivity index (χ0) is 13.4. The zero-order valence-electron chi connectivity index (χ0n) is 11.1. The van der Waals surface area contributed by atoms with Gasteiger partial charge in [-0.05, 0) is 19.8 Å². The van der Waals surface area contributed by atoms with Gasteiger partial charge in [0.15, 0.2) is 0 Å². The lowest BCUT2D eigenvalue weighted by molar-refractivity contribution is 0.198. The average Bonchev–Trinajstić information content (AvgIpc) is 2.34. The van der Waals surface area contributed by atoms with Gasteiger partial charge in [0.1, 0.15) is 5.82 Å². The van der Waals surface area contributed by atoms with Gasteiger partial charge in [-0.1, -0.05) is 26.2 Å². The highest BCUT2D eigenvalue weighted by Gasteiger charge is 2.07. The third-order valence-corrected chi connectivity index (χ3v) is 2.65. The summed E-state index contributed by atoms with van der Waals surface area (Å²) in [7, 11) is 0. The van der Waals surface area contributed by atoms with Gasteiger partial charge >= 0.3 is 0 Å². The number of nitrogen functional groups attached to an aromatic ring is 2. The Hall–Kier alpha value is -1.56. The molecule has 1 aromatic rings. The number of hydrogen-bond donors (Lipinski definition) is 3. The number of anilines is 2. The van der Waals surface area contributed by atoms with Crippen LogP contribution in [0.2, 0.25) is 0 Å². The third kappa shape index (κ3) is 5.18. The second-order valence-corrected chi connectivity index (χ2v) is 4.37. The van der Waals surface area contributed by atoms with Crippen LogP contribution < -0.4 is 21.7 Å². The van der Waals surface area contributed by atoms with Gasteiger partial charge < -0.3 is 15.9 Å². The van der Waals surface area contributed by atoms with E-state index in [0.717, 1.165) is 12.8 Å². The smallest absolute Gasteiger partial charge is 0.225 e. The fourth-order valence-corrected chi connectivity index (χ4v) is 1.70. The van der Waals surface area contributed by atoms with Crippen LogP contribution in [0.5, 0.6) is 5.88 Å². The fourth-order valence-electron chi connectivity index (χ4n) is 1.70.